The highest BCUT2D eigenvalue weighted by molar-refractivity contribution is 8.76. The van der Waals surface area contributed by atoms with Crippen LogP contribution in [0, 0.1) is 11.8 Å². The van der Waals surface area contributed by atoms with Gasteiger partial charge in [0, 0.05) is 40.2 Å². The number of fused-ring (bicyclic) bond motifs is 4. The summed E-state index contributed by atoms with van der Waals surface area (Å²) in [5.74, 6) is 5.07. The van der Waals surface area contributed by atoms with Crippen molar-refractivity contribution in [3.8, 4) is 45.6 Å². The molecule has 2 bridgehead atoms. The van der Waals surface area contributed by atoms with Gasteiger partial charge in [0.05, 0.1) is 20.8 Å². The lowest BCUT2D eigenvalue weighted by Gasteiger charge is -2.41. The molecule has 0 radical (unpaired) electrons. The summed E-state index contributed by atoms with van der Waals surface area (Å²) in [4.78, 5) is 0. The Morgan fingerprint density at radius 1 is 0.957 bits per heavy atom. The molecule has 46 heavy (non-hydrogen) atoms. The Labute approximate surface area is 280 Å². The van der Waals surface area contributed by atoms with E-state index in [1.165, 1.54) is 12.7 Å². The molecule has 7 nitrogen and oxygen atoms in total. The Morgan fingerprint density at radius 2 is 1.74 bits per heavy atom. The molecule has 0 saturated heterocycles. The number of aliphatic hydroxyl groups is 1. The zero-order chi connectivity index (χ0) is 32.5. The number of rotatable bonds is 7. The predicted octanol–water partition coefficient (Wildman–Crippen LogP) is 8.63. The van der Waals surface area contributed by atoms with Crippen LogP contribution in [0.5, 0.6) is 34.5 Å². The number of ether oxygens (including phenoxy) is 4. The molecule has 5 unspecified atom stereocenters. The first-order valence-electron chi connectivity index (χ1n) is 16.4. The predicted molar refractivity (Wildman–Crippen MR) is 186 cm³/mol. The maximum absolute atomic E-state index is 12.2. The Kier molecular flexibility index (Phi) is 10.1. The van der Waals surface area contributed by atoms with Gasteiger partial charge in [-0.15, -0.1) is 0 Å². The molecule has 1 aliphatic carbocycles. The van der Waals surface area contributed by atoms with Gasteiger partial charge in [-0.1, -0.05) is 54.8 Å². The van der Waals surface area contributed by atoms with E-state index in [9.17, 15) is 15.3 Å². The summed E-state index contributed by atoms with van der Waals surface area (Å²) in [6, 6.07) is 11.2. The topological polar surface area (TPSA) is 97.6 Å². The molecule has 3 aliphatic rings. The Bertz CT molecular complexity index is 1560. The number of benzene rings is 3. The number of phenolic OH excluding ortho intramolecular Hbond substituents is 2. The Morgan fingerprint density at radius 3 is 2.50 bits per heavy atom. The van der Waals surface area contributed by atoms with E-state index in [1.807, 2.05) is 39.8 Å². The molecule has 0 saturated carbocycles. The van der Waals surface area contributed by atoms with Gasteiger partial charge >= 0.3 is 0 Å². The molecule has 5 atom stereocenters. The van der Waals surface area contributed by atoms with Gasteiger partial charge in [-0.3, -0.25) is 0 Å². The SMILES string of the molecule is COc1cc(C2Oc3cc(OC)c4c5c3C(CSSCCC(C)CCC(C5)c3cc(O)ccc3-4)C2O)cc(OCCC(C)C)c1O. The molecule has 0 amide bonds. The molecule has 0 fully saturated rings. The number of phenols is 2. The quantitative estimate of drug-likeness (QED) is 0.214. The standard InChI is InChI=1S/C37H46O7S2/c1-20(2)10-12-43-32-16-23(15-31(42-5)36(32)40)37-35(39)28-19-46-45-13-11-21(3)6-7-22-14-27-33(25-9-8-24(38)17-26(22)25)29(41-4)18-30(44-37)34(27)28/h8-9,15-18,20-22,28,35,37-40H,6-7,10-14,19H2,1-5H3. The molecule has 2 aliphatic heterocycles. The summed E-state index contributed by atoms with van der Waals surface area (Å²) in [6.07, 6.45) is 3.32. The second-order valence-corrected chi connectivity index (χ2v) is 16.0. The highest BCUT2D eigenvalue weighted by Crippen LogP contribution is 2.56. The smallest absolute Gasteiger partial charge is 0.200 e. The third kappa shape index (κ3) is 6.47. The fourth-order valence-corrected chi connectivity index (χ4v) is 9.73. The Hall–Kier alpha value is -2.88. The highest BCUT2D eigenvalue weighted by atomic mass is 33.1. The fraction of sp³-hybridized carbons (Fsp3) is 0.514. The molecule has 3 aromatic rings. The minimum Gasteiger partial charge on any atom is -0.508 e. The van der Waals surface area contributed by atoms with Crippen molar-refractivity contribution in [2.45, 2.75) is 76.9 Å². The van der Waals surface area contributed by atoms with E-state index in [0.29, 0.717) is 47.0 Å². The second-order valence-electron chi connectivity index (χ2n) is 13.3. The molecule has 2 heterocycles. The lowest BCUT2D eigenvalue weighted by Crippen LogP contribution is -2.37. The summed E-state index contributed by atoms with van der Waals surface area (Å²) in [7, 11) is 6.88. The van der Waals surface area contributed by atoms with Crippen LogP contribution in [0.3, 0.4) is 0 Å². The molecule has 9 heteroatoms. The summed E-state index contributed by atoms with van der Waals surface area (Å²) in [6.45, 7) is 7.04. The molecule has 0 aromatic heterocycles. The highest BCUT2D eigenvalue weighted by Gasteiger charge is 2.43. The monoisotopic (exact) mass is 666 g/mol. The molecule has 248 valence electrons. The van der Waals surface area contributed by atoms with E-state index in [-0.39, 0.29) is 29.1 Å². The van der Waals surface area contributed by atoms with Gasteiger partial charge < -0.3 is 34.3 Å². The van der Waals surface area contributed by atoms with Crippen molar-refractivity contribution < 1.29 is 34.3 Å². The summed E-state index contributed by atoms with van der Waals surface area (Å²) in [5, 5.41) is 33.7. The van der Waals surface area contributed by atoms with Crippen molar-refractivity contribution in [1.29, 1.82) is 0 Å². The maximum Gasteiger partial charge on any atom is 0.200 e. The van der Waals surface area contributed by atoms with Gasteiger partial charge in [-0.25, -0.2) is 0 Å². The van der Waals surface area contributed by atoms with Crippen LogP contribution in [0.4, 0.5) is 0 Å². The first-order valence-corrected chi connectivity index (χ1v) is 18.9. The molecular weight excluding hydrogens is 621 g/mol. The van der Waals surface area contributed by atoms with E-state index in [1.54, 1.807) is 25.3 Å². The first kappa shape index (κ1) is 33.0. The molecule has 3 N–H and O–H groups in total. The van der Waals surface area contributed by atoms with Crippen molar-refractivity contribution in [3.05, 3.63) is 58.7 Å². The average molecular weight is 667 g/mol. The zero-order valence-electron chi connectivity index (χ0n) is 27.4. The van der Waals surface area contributed by atoms with Crippen LogP contribution in [0.1, 0.15) is 86.6 Å². The molecule has 0 spiro atoms. The van der Waals surface area contributed by atoms with Crippen molar-refractivity contribution in [1.82, 2.24) is 0 Å². The maximum atomic E-state index is 12.2. The van der Waals surface area contributed by atoms with Gasteiger partial charge in [-0.2, -0.15) is 0 Å². The van der Waals surface area contributed by atoms with Gasteiger partial charge in [0.2, 0.25) is 5.75 Å². The minimum absolute atomic E-state index is 0.0598. The van der Waals surface area contributed by atoms with Gasteiger partial charge in [-0.05, 0) is 84.4 Å². The van der Waals surface area contributed by atoms with Crippen molar-refractivity contribution in [2.75, 3.05) is 32.3 Å². The van der Waals surface area contributed by atoms with Gasteiger partial charge in [0.15, 0.2) is 17.6 Å². The van der Waals surface area contributed by atoms with E-state index < -0.39 is 12.2 Å². The van der Waals surface area contributed by atoms with Crippen LogP contribution in [0.2, 0.25) is 0 Å². The van der Waals surface area contributed by atoms with Crippen LogP contribution in [-0.2, 0) is 6.42 Å². The largest absolute Gasteiger partial charge is 0.508 e. The molecule has 3 aromatic carbocycles. The van der Waals surface area contributed by atoms with Crippen LogP contribution in [-0.4, -0.2) is 53.8 Å². The van der Waals surface area contributed by atoms with Crippen LogP contribution in [0.25, 0.3) is 11.1 Å². The number of hydrogen-bond donors (Lipinski definition) is 3. The normalized spacial score (nSPS) is 24.1. The van der Waals surface area contributed by atoms with Gasteiger partial charge in [0.25, 0.3) is 0 Å². The molecule has 6 rings (SSSR count). The third-order valence-electron chi connectivity index (χ3n) is 9.76. The van der Waals surface area contributed by atoms with E-state index in [4.69, 9.17) is 18.9 Å². The van der Waals surface area contributed by atoms with E-state index in [2.05, 4.69) is 20.8 Å². The first-order chi connectivity index (χ1) is 22.2. The zero-order valence-corrected chi connectivity index (χ0v) is 29.0. The second kappa shape index (κ2) is 14.1. The van der Waals surface area contributed by atoms with E-state index in [0.717, 1.165) is 60.1 Å². The van der Waals surface area contributed by atoms with Crippen LogP contribution in [0.15, 0.2) is 36.4 Å². The van der Waals surface area contributed by atoms with Gasteiger partial charge in [0.1, 0.15) is 23.4 Å². The lowest BCUT2D eigenvalue weighted by molar-refractivity contribution is 0.00418. The summed E-state index contributed by atoms with van der Waals surface area (Å²) >= 11 is 0. The number of methoxy groups -OCH3 is 2. The lowest BCUT2D eigenvalue weighted by atomic mass is 9.71. The van der Waals surface area contributed by atoms with E-state index >= 15 is 0 Å². The van der Waals surface area contributed by atoms with Crippen molar-refractivity contribution >= 4 is 21.6 Å². The summed E-state index contributed by atoms with van der Waals surface area (Å²) in [5.41, 5.74) is 6.15. The average Bonchev–Trinajstić information content (AvgIpc) is 3.05. The minimum atomic E-state index is -0.862. The number of aromatic hydroxyl groups is 2. The molecular formula is C37H46O7S2. The Balaban J connectivity index is 1.49. The third-order valence-corrected chi connectivity index (χ3v) is 12.2. The van der Waals surface area contributed by atoms with Crippen molar-refractivity contribution in [2.24, 2.45) is 11.8 Å². The van der Waals surface area contributed by atoms with Crippen LogP contribution < -0.4 is 18.9 Å². The number of hydrogen-bond acceptors (Lipinski definition) is 9. The number of aliphatic hydroxyl groups excluding tert-OH is 1. The van der Waals surface area contributed by atoms with Crippen molar-refractivity contribution in [3.63, 3.8) is 0 Å². The van der Waals surface area contributed by atoms with Crippen LogP contribution >= 0.6 is 21.6 Å². The fourth-order valence-electron chi connectivity index (χ4n) is 7.13. The summed E-state index contributed by atoms with van der Waals surface area (Å²) < 4.78 is 24.4.